The Labute approximate surface area is 132 Å². The van der Waals surface area contributed by atoms with Gasteiger partial charge in [-0.2, -0.15) is 13.2 Å². The van der Waals surface area contributed by atoms with Crippen molar-refractivity contribution >= 4 is 21.7 Å². The van der Waals surface area contributed by atoms with Crippen LogP contribution in [-0.4, -0.2) is 72.9 Å². The summed E-state index contributed by atoms with van der Waals surface area (Å²) in [5.41, 5.74) is 0. The molecule has 2 rings (SSSR count). The van der Waals surface area contributed by atoms with E-state index in [1.165, 1.54) is 4.90 Å². The molecule has 0 N–H and O–H groups in total. The number of nitrogens with zero attached hydrogens (tertiary/aromatic N) is 2. The number of halogens is 3. The van der Waals surface area contributed by atoms with E-state index in [1.54, 1.807) is 6.92 Å². The van der Waals surface area contributed by atoms with Crippen LogP contribution < -0.4 is 0 Å². The van der Waals surface area contributed by atoms with E-state index in [0.29, 0.717) is 11.3 Å². The molecule has 0 aromatic carbocycles. The third-order valence-corrected chi connectivity index (χ3v) is 6.06. The van der Waals surface area contributed by atoms with Gasteiger partial charge in [0.2, 0.25) is 5.91 Å². The van der Waals surface area contributed by atoms with Gasteiger partial charge in [-0.05, 0) is 26.2 Å². The lowest BCUT2D eigenvalue weighted by Crippen LogP contribution is -2.53. The Bertz CT molecular complexity index is 591. The van der Waals surface area contributed by atoms with E-state index in [4.69, 9.17) is 0 Å². The molecular weight excluding hydrogens is 337 g/mol. The first-order valence-corrected chi connectivity index (χ1v) is 9.27. The summed E-state index contributed by atoms with van der Waals surface area (Å²) in [4.78, 5) is 25.9. The fraction of sp³-hybridized carbons (Fsp3) is 0.846. The summed E-state index contributed by atoms with van der Waals surface area (Å²) in [7, 11) is -3.22. The molecule has 2 atom stereocenters. The van der Waals surface area contributed by atoms with Gasteiger partial charge in [0.15, 0.2) is 9.84 Å². The van der Waals surface area contributed by atoms with E-state index in [0.717, 1.165) is 0 Å². The maximum Gasteiger partial charge on any atom is 0.471 e. The summed E-state index contributed by atoms with van der Waals surface area (Å²) in [6.07, 6.45) is -4.26. The summed E-state index contributed by atoms with van der Waals surface area (Å²) in [6, 6.07) is -1.69. The van der Waals surface area contributed by atoms with Crippen LogP contribution in [0, 0.1) is 0 Å². The van der Waals surface area contributed by atoms with Crippen molar-refractivity contribution in [2.24, 2.45) is 0 Å². The molecule has 2 aliphatic heterocycles. The number of carbonyl (C=O) groups is 2. The second kappa shape index (κ2) is 6.29. The fourth-order valence-corrected chi connectivity index (χ4v) is 4.97. The number of rotatable bonds is 3. The van der Waals surface area contributed by atoms with Crippen LogP contribution in [0.1, 0.15) is 26.2 Å². The van der Waals surface area contributed by atoms with Gasteiger partial charge in [0.05, 0.1) is 11.5 Å². The van der Waals surface area contributed by atoms with Crippen LogP contribution in [0.15, 0.2) is 0 Å². The molecular formula is C13H19F3N2O4S. The number of alkyl halides is 3. The van der Waals surface area contributed by atoms with Crippen molar-refractivity contribution in [2.75, 3.05) is 24.6 Å². The predicted octanol–water partition coefficient (Wildman–Crippen LogP) is 0.575. The van der Waals surface area contributed by atoms with Crippen LogP contribution in [-0.2, 0) is 19.4 Å². The molecule has 0 saturated carbocycles. The molecule has 2 unspecified atom stereocenters. The van der Waals surface area contributed by atoms with Crippen LogP contribution in [0.25, 0.3) is 0 Å². The first-order valence-electron chi connectivity index (χ1n) is 7.45. The van der Waals surface area contributed by atoms with Crippen molar-refractivity contribution in [3.05, 3.63) is 0 Å². The van der Waals surface area contributed by atoms with Crippen LogP contribution in [0.5, 0.6) is 0 Å². The summed E-state index contributed by atoms with van der Waals surface area (Å²) in [6.45, 7) is 1.73. The largest absolute Gasteiger partial charge is 0.471 e. The predicted molar refractivity (Wildman–Crippen MR) is 75.2 cm³/mol. The lowest BCUT2D eigenvalue weighted by atomic mass is 10.1. The summed E-state index contributed by atoms with van der Waals surface area (Å²) >= 11 is 0. The number of likely N-dealkylation sites (N-methyl/N-ethyl adjacent to an activating group) is 1. The highest BCUT2D eigenvalue weighted by Gasteiger charge is 2.49. The third-order valence-electron chi connectivity index (χ3n) is 4.31. The minimum Gasteiger partial charge on any atom is -0.337 e. The molecule has 10 heteroatoms. The highest BCUT2D eigenvalue weighted by Crippen LogP contribution is 2.28. The zero-order valence-electron chi connectivity index (χ0n) is 12.7. The average molecular weight is 356 g/mol. The van der Waals surface area contributed by atoms with E-state index in [-0.39, 0.29) is 37.4 Å². The second-order valence-electron chi connectivity index (χ2n) is 5.84. The first kappa shape index (κ1) is 18.0. The minimum absolute atomic E-state index is 0.0304. The summed E-state index contributed by atoms with van der Waals surface area (Å²) in [5.74, 6) is -2.81. The van der Waals surface area contributed by atoms with E-state index >= 15 is 0 Å². The molecule has 0 aliphatic carbocycles. The van der Waals surface area contributed by atoms with Gasteiger partial charge in [-0.1, -0.05) is 0 Å². The molecule has 2 heterocycles. The molecule has 2 amide bonds. The normalized spacial score (nSPS) is 27.2. The van der Waals surface area contributed by atoms with Crippen molar-refractivity contribution in [3.63, 3.8) is 0 Å². The van der Waals surface area contributed by atoms with Gasteiger partial charge in [-0.3, -0.25) is 9.59 Å². The molecule has 2 saturated heterocycles. The molecule has 0 radical (unpaired) electrons. The molecule has 2 aliphatic rings. The number of amides is 2. The molecule has 0 aromatic heterocycles. The van der Waals surface area contributed by atoms with Gasteiger partial charge < -0.3 is 9.80 Å². The van der Waals surface area contributed by atoms with E-state index in [1.807, 2.05) is 0 Å². The van der Waals surface area contributed by atoms with E-state index in [2.05, 4.69) is 0 Å². The number of sulfone groups is 1. The van der Waals surface area contributed by atoms with E-state index < -0.39 is 39.9 Å². The summed E-state index contributed by atoms with van der Waals surface area (Å²) in [5, 5.41) is 0. The number of hydrogen-bond acceptors (Lipinski definition) is 4. The first-order chi connectivity index (χ1) is 10.6. The third kappa shape index (κ3) is 3.78. The molecule has 23 heavy (non-hydrogen) atoms. The average Bonchev–Trinajstić information content (AvgIpc) is 3.04. The SMILES string of the molecule is CCN(C(=O)C1CCCN1C(=O)C(F)(F)F)C1CCS(=O)(=O)C1. The van der Waals surface area contributed by atoms with Crippen molar-refractivity contribution in [1.82, 2.24) is 9.80 Å². The van der Waals surface area contributed by atoms with Crippen LogP contribution in [0.3, 0.4) is 0 Å². The zero-order valence-corrected chi connectivity index (χ0v) is 13.5. The second-order valence-corrected chi connectivity index (χ2v) is 8.06. The molecule has 2 fully saturated rings. The Morgan fingerprint density at radius 1 is 1.26 bits per heavy atom. The lowest BCUT2D eigenvalue weighted by Gasteiger charge is -2.33. The van der Waals surface area contributed by atoms with Crippen LogP contribution in [0.2, 0.25) is 0 Å². The standard InChI is InChI=1S/C13H19F3N2O4S/c1-2-17(9-5-7-23(21,22)8-9)11(19)10-4-3-6-18(10)12(20)13(14,15)16/h9-10H,2-8H2,1H3. The maximum atomic E-state index is 12.6. The Morgan fingerprint density at radius 2 is 1.91 bits per heavy atom. The van der Waals surface area contributed by atoms with Gasteiger partial charge in [0, 0.05) is 19.1 Å². The van der Waals surface area contributed by atoms with Crippen molar-refractivity contribution < 1.29 is 31.2 Å². The Morgan fingerprint density at radius 3 is 2.39 bits per heavy atom. The molecule has 0 spiro atoms. The smallest absolute Gasteiger partial charge is 0.337 e. The number of hydrogen-bond donors (Lipinski definition) is 0. The Balaban J connectivity index is 2.15. The van der Waals surface area contributed by atoms with Gasteiger partial charge in [-0.25, -0.2) is 8.42 Å². The van der Waals surface area contributed by atoms with Crippen molar-refractivity contribution in [2.45, 2.75) is 44.4 Å². The summed E-state index contributed by atoms with van der Waals surface area (Å²) < 4.78 is 61.0. The maximum absolute atomic E-state index is 12.6. The van der Waals surface area contributed by atoms with Gasteiger partial charge in [0.1, 0.15) is 6.04 Å². The quantitative estimate of drug-likeness (QED) is 0.741. The topological polar surface area (TPSA) is 74.8 Å². The lowest BCUT2D eigenvalue weighted by molar-refractivity contribution is -0.187. The van der Waals surface area contributed by atoms with Crippen molar-refractivity contribution in [1.29, 1.82) is 0 Å². The monoisotopic (exact) mass is 356 g/mol. The highest BCUT2D eigenvalue weighted by atomic mass is 32.2. The van der Waals surface area contributed by atoms with Crippen LogP contribution >= 0.6 is 0 Å². The van der Waals surface area contributed by atoms with Gasteiger partial charge >= 0.3 is 12.1 Å². The molecule has 132 valence electrons. The van der Waals surface area contributed by atoms with E-state index in [9.17, 15) is 31.2 Å². The molecule has 0 bridgehead atoms. The highest BCUT2D eigenvalue weighted by molar-refractivity contribution is 7.91. The molecule has 0 aromatic rings. The Kier molecular flexibility index (Phi) is 4.93. The number of likely N-dealkylation sites (tertiary alicyclic amines) is 1. The van der Waals surface area contributed by atoms with Crippen molar-refractivity contribution in [3.8, 4) is 0 Å². The van der Waals surface area contributed by atoms with Gasteiger partial charge in [-0.15, -0.1) is 0 Å². The Hall–Kier alpha value is -1.32. The van der Waals surface area contributed by atoms with Gasteiger partial charge in [0.25, 0.3) is 0 Å². The molecule has 6 nitrogen and oxygen atoms in total. The van der Waals surface area contributed by atoms with Crippen LogP contribution in [0.4, 0.5) is 13.2 Å². The number of carbonyl (C=O) groups excluding carboxylic acids is 2. The minimum atomic E-state index is -5.02. The zero-order chi connectivity index (χ0) is 17.4. The fourth-order valence-electron chi connectivity index (χ4n) is 3.24.